The summed E-state index contributed by atoms with van der Waals surface area (Å²) in [6.07, 6.45) is 43.7. The van der Waals surface area contributed by atoms with Gasteiger partial charge in [-0.3, -0.25) is 9.59 Å². The lowest BCUT2D eigenvalue weighted by molar-refractivity contribution is -0.150. The van der Waals surface area contributed by atoms with Crippen molar-refractivity contribution in [3.8, 4) is 0 Å². The van der Waals surface area contributed by atoms with Gasteiger partial charge >= 0.3 is 11.9 Å². The first kappa shape index (κ1) is 42.7. The molecule has 1 unspecified atom stereocenters. The van der Waals surface area contributed by atoms with Crippen LogP contribution in [0.25, 0.3) is 0 Å². The quantitative estimate of drug-likeness (QED) is 0.0430. The number of allylic oxidation sites excluding steroid dienone is 2. The van der Waals surface area contributed by atoms with E-state index in [1.807, 2.05) is 0 Å². The molecule has 44 heavy (non-hydrogen) atoms. The summed E-state index contributed by atoms with van der Waals surface area (Å²) in [5.74, 6) is -0.701. The highest BCUT2D eigenvalue weighted by Gasteiger charge is 2.14. The number of rotatable bonds is 36. The van der Waals surface area contributed by atoms with Crippen molar-refractivity contribution in [1.82, 2.24) is 0 Å². The van der Waals surface area contributed by atoms with Gasteiger partial charge in [0.1, 0.15) is 6.10 Å². The van der Waals surface area contributed by atoms with E-state index in [2.05, 4.69) is 26.0 Å². The Bertz CT molecular complexity index is 629. The molecular formula is C40H76O4. The predicted octanol–water partition coefficient (Wildman–Crippen LogP) is 13.5. The summed E-state index contributed by atoms with van der Waals surface area (Å²) < 4.78 is 6.00. The number of hydrogen-bond donors (Lipinski definition) is 1. The Morgan fingerprint density at radius 2 is 0.818 bits per heavy atom. The zero-order valence-electron chi connectivity index (χ0n) is 29.7. The van der Waals surface area contributed by atoms with Gasteiger partial charge in [0.2, 0.25) is 0 Å². The van der Waals surface area contributed by atoms with Crippen LogP contribution in [0.3, 0.4) is 0 Å². The summed E-state index contributed by atoms with van der Waals surface area (Å²) in [5.41, 5.74) is 0. The molecule has 0 radical (unpaired) electrons. The fraction of sp³-hybridized carbons (Fsp3) is 0.900. The maximum absolute atomic E-state index is 12.6. The van der Waals surface area contributed by atoms with E-state index in [-0.39, 0.29) is 18.5 Å². The smallest absolute Gasteiger partial charge is 0.306 e. The van der Waals surface area contributed by atoms with Crippen LogP contribution in [0.2, 0.25) is 0 Å². The molecule has 0 aromatic carbocycles. The number of carboxylic acid groups (broad SMARTS) is 1. The Balaban J connectivity index is 4.04. The van der Waals surface area contributed by atoms with Gasteiger partial charge in [0, 0.05) is 12.8 Å². The minimum Gasteiger partial charge on any atom is -0.481 e. The molecule has 0 heterocycles. The number of carboxylic acids is 1. The Kier molecular flexibility index (Phi) is 35.1. The molecule has 0 bridgehead atoms. The number of esters is 1. The summed E-state index contributed by atoms with van der Waals surface area (Å²) in [6.45, 7) is 4.54. The van der Waals surface area contributed by atoms with Crippen LogP contribution < -0.4 is 0 Å². The summed E-state index contributed by atoms with van der Waals surface area (Å²) in [6, 6.07) is 0. The molecule has 0 aromatic rings. The van der Waals surface area contributed by atoms with Crippen molar-refractivity contribution in [3.63, 3.8) is 0 Å². The van der Waals surface area contributed by atoms with E-state index in [0.717, 1.165) is 64.2 Å². The highest BCUT2D eigenvalue weighted by atomic mass is 16.5. The molecular weight excluding hydrogens is 544 g/mol. The van der Waals surface area contributed by atoms with Crippen molar-refractivity contribution in [1.29, 1.82) is 0 Å². The fourth-order valence-corrected chi connectivity index (χ4v) is 6.06. The van der Waals surface area contributed by atoms with Crippen molar-refractivity contribution in [2.75, 3.05) is 0 Å². The Labute approximate surface area is 275 Å². The van der Waals surface area contributed by atoms with Gasteiger partial charge < -0.3 is 9.84 Å². The number of carbonyl (C=O) groups excluding carboxylic acids is 1. The van der Waals surface area contributed by atoms with E-state index < -0.39 is 5.97 Å². The van der Waals surface area contributed by atoms with Gasteiger partial charge in [-0.15, -0.1) is 0 Å². The molecule has 260 valence electrons. The Hall–Kier alpha value is -1.32. The fourth-order valence-electron chi connectivity index (χ4n) is 6.06. The molecule has 0 saturated heterocycles. The van der Waals surface area contributed by atoms with Gasteiger partial charge in [-0.25, -0.2) is 0 Å². The second kappa shape index (κ2) is 36.2. The first-order valence-corrected chi connectivity index (χ1v) is 19.7. The largest absolute Gasteiger partial charge is 0.481 e. The monoisotopic (exact) mass is 621 g/mol. The molecule has 4 nitrogen and oxygen atoms in total. The topological polar surface area (TPSA) is 63.6 Å². The number of carbonyl (C=O) groups is 2. The average molecular weight is 621 g/mol. The van der Waals surface area contributed by atoms with E-state index in [0.29, 0.717) is 6.42 Å². The summed E-state index contributed by atoms with van der Waals surface area (Å²) in [7, 11) is 0. The van der Waals surface area contributed by atoms with Crippen LogP contribution in [0.15, 0.2) is 12.2 Å². The molecule has 0 aliphatic heterocycles. The molecule has 0 aliphatic rings. The number of unbranched alkanes of at least 4 members (excludes halogenated alkanes) is 25. The first-order chi connectivity index (χ1) is 21.6. The first-order valence-electron chi connectivity index (χ1n) is 19.7. The minimum absolute atomic E-state index is 0.00263. The van der Waals surface area contributed by atoms with E-state index >= 15 is 0 Å². The maximum atomic E-state index is 12.6. The highest BCUT2D eigenvalue weighted by molar-refractivity contribution is 5.69. The van der Waals surface area contributed by atoms with Crippen LogP contribution >= 0.6 is 0 Å². The third kappa shape index (κ3) is 35.2. The van der Waals surface area contributed by atoms with E-state index in [4.69, 9.17) is 9.84 Å². The SMILES string of the molecule is CCCCCC/C=C\CCCCCCCC(=O)OC(CCCCCCCCCCCCCCC)CCCCCCCC(=O)O. The second-order valence-corrected chi connectivity index (χ2v) is 13.5. The lowest BCUT2D eigenvalue weighted by Crippen LogP contribution is -2.18. The molecule has 1 N–H and O–H groups in total. The van der Waals surface area contributed by atoms with Crippen molar-refractivity contribution in [2.45, 2.75) is 232 Å². The molecule has 4 heteroatoms. The zero-order valence-corrected chi connectivity index (χ0v) is 29.7. The molecule has 0 saturated carbocycles. The molecule has 0 amide bonds. The number of ether oxygens (including phenoxy) is 1. The molecule has 1 atom stereocenters. The molecule has 0 rings (SSSR count). The van der Waals surface area contributed by atoms with Crippen molar-refractivity contribution in [2.24, 2.45) is 0 Å². The second-order valence-electron chi connectivity index (χ2n) is 13.5. The lowest BCUT2D eigenvalue weighted by atomic mass is 10.0. The number of hydrogen-bond acceptors (Lipinski definition) is 3. The summed E-state index contributed by atoms with van der Waals surface area (Å²) in [5, 5.41) is 8.81. The van der Waals surface area contributed by atoms with Crippen LogP contribution in [0, 0.1) is 0 Å². The third-order valence-corrected chi connectivity index (χ3v) is 8.99. The van der Waals surface area contributed by atoms with Gasteiger partial charge in [-0.05, 0) is 64.2 Å². The number of aliphatic carboxylic acids is 1. The van der Waals surface area contributed by atoms with Crippen LogP contribution in [0.1, 0.15) is 226 Å². The normalized spacial score (nSPS) is 12.2. The highest BCUT2D eigenvalue weighted by Crippen LogP contribution is 2.19. The van der Waals surface area contributed by atoms with Crippen molar-refractivity contribution >= 4 is 11.9 Å². The van der Waals surface area contributed by atoms with Gasteiger partial charge in [0.25, 0.3) is 0 Å². The van der Waals surface area contributed by atoms with Gasteiger partial charge in [0.05, 0.1) is 0 Å². The minimum atomic E-state index is -0.699. The third-order valence-electron chi connectivity index (χ3n) is 8.99. The van der Waals surface area contributed by atoms with Crippen LogP contribution in [0.4, 0.5) is 0 Å². The van der Waals surface area contributed by atoms with Gasteiger partial charge in [-0.1, -0.05) is 161 Å². The van der Waals surface area contributed by atoms with E-state index in [1.165, 1.54) is 135 Å². The molecule has 0 spiro atoms. The summed E-state index contributed by atoms with van der Waals surface area (Å²) in [4.78, 5) is 23.3. The Morgan fingerprint density at radius 1 is 0.477 bits per heavy atom. The van der Waals surface area contributed by atoms with Crippen molar-refractivity contribution in [3.05, 3.63) is 12.2 Å². The lowest BCUT2D eigenvalue weighted by Gasteiger charge is -2.18. The predicted molar refractivity (Wildman–Crippen MR) is 190 cm³/mol. The van der Waals surface area contributed by atoms with Crippen LogP contribution in [-0.4, -0.2) is 23.1 Å². The van der Waals surface area contributed by atoms with E-state index in [9.17, 15) is 9.59 Å². The van der Waals surface area contributed by atoms with Gasteiger partial charge in [-0.2, -0.15) is 0 Å². The standard InChI is InChI=1S/C40H76O4/c1-3-5-7-9-11-13-15-17-19-21-23-26-30-34-38(35-31-27-25-28-32-36-39(41)42)44-40(43)37-33-29-24-22-20-18-16-14-12-10-8-6-4-2/h14,16,38H,3-13,15,17-37H2,1-2H3,(H,41,42)/b16-14-. The average Bonchev–Trinajstić information content (AvgIpc) is 3.00. The maximum Gasteiger partial charge on any atom is 0.306 e. The molecule has 0 aliphatic carbocycles. The van der Waals surface area contributed by atoms with Crippen LogP contribution in [0.5, 0.6) is 0 Å². The Morgan fingerprint density at radius 3 is 1.25 bits per heavy atom. The van der Waals surface area contributed by atoms with Gasteiger partial charge in [0.15, 0.2) is 0 Å². The zero-order chi connectivity index (χ0) is 32.2. The van der Waals surface area contributed by atoms with Crippen LogP contribution in [-0.2, 0) is 14.3 Å². The van der Waals surface area contributed by atoms with Crippen molar-refractivity contribution < 1.29 is 19.4 Å². The van der Waals surface area contributed by atoms with E-state index in [1.54, 1.807) is 0 Å². The summed E-state index contributed by atoms with van der Waals surface area (Å²) >= 11 is 0. The molecule has 0 aromatic heterocycles. The molecule has 0 fully saturated rings.